The van der Waals surface area contributed by atoms with Crippen LogP contribution in [0.15, 0.2) is 24.3 Å². The molecule has 8 heteroatoms. The van der Waals surface area contributed by atoms with Gasteiger partial charge in [0.25, 0.3) is 0 Å². The third-order valence-electron chi connectivity index (χ3n) is 5.66. The topological polar surface area (TPSA) is 44.8 Å². The van der Waals surface area contributed by atoms with E-state index in [4.69, 9.17) is 4.74 Å². The number of hydrogen-bond donors (Lipinski definition) is 1. The molecule has 5 nitrogen and oxygen atoms in total. The number of amides is 1. The molecule has 2 aliphatic rings. The monoisotopic (exact) mass is 399 g/mol. The second kappa shape index (κ2) is 9.03. The van der Waals surface area contributed by atoms with Crippen molar-refractivity contribution in [2.24, 2.45) is 5.92 Å². The number of anilines is 1. The predicted molar refractivity (Wildman–Crippen MR) is 102 cm³/mol. The van der Waals surface area contributed by atoms with Crippen LogP contribution in [0.3, 0.4) is 0 Å². The Bertz CT molecular complexity index is 660. The number of carbonyl (C=O) groups excluding carboxylic acids is 1. The van der Waals surface area contributed by atoms with E-state index >= 15 is 0 Å². The largest absolute Gasteiger partial charge is 0.497 e. The van der Waals surface area contributed by atoms with Crippen LogP contribution < -0.4 is 15.0 Å². The fourth-order valence-corrected chi connectivity index (χ4v) is 4.07. The number of benzene rings is 1. The number of piperazine rings is 1. The third-order valence-corrected chi connectivity index (χ3v) is 5.66. The number of nitrogens with one attached hydrogen (secondary N) is 1. The molecule has 2 fully saturated rings. The highest BCUT2D eigenvalue weighted by molar-refractivity contribution is 5.78. The highest BCUT2D eigenvalue weighted by atomic mass is 19.4. The zero-order chi connectivity index (χ0) is 20.1. The number of alkyl halides is 3. The van der Waals surface area contributed by atoms with Gasteiger partial charge in [-0.05, 0) is 31.4 Å². The van der Waals surface area contributed by atoms with E-state index in [1.54, 1.807) is 7.11 Å². The number of nitrogens with zero attached hydrogens (tertiary/aromatic N) is 2. The molecule has 1 saturated carbocycles. The van der Waals surface area contributed by atoms with Crippen molar-refractivity contribution in [3.63, 3.8) is 0 Å². The molecule has 1 saturated heterocycles. The van der Waals surface area contributed by atoms with Gasteiger partial charge < -0.3 is 15.0 Å². The van der Waals surface area contributed by atoms with Gasteiger partial charge in [0, 0.05) is 44.0 Å². The van der Waals surface area contributed by atoms with E-state index in [1.165, 1.54) is 0 Å². The molecule has 0 spiro atoms. The van der Waals surface area contributed by atoms with Crippen molar-refractivity contribution >= 4 is 11.6 Å². The number of methoxy groups -OCH3 is 1. The van der Waals surface area contributed by atoms with E-state index in [9.17, 15) is 18.0 Å². The van der Waals surface area contributed by atoms with Gasteiger partial charge in [0.1, 0.15) is 5.75 Å². The Morgan fingerprint density at radius 1 is 1.21 bits per heavy atom. The van der Waals surface area contributed by atoms with E-state index in [2.05, 4.69) is 15.1 Å². The van der Waals surface area contributed by atoms with Crippen molar-refractivity contribution in [2.45, 2.75) is 37.9 Å². The molecule has 1 aliphatic carbocycles. The molecule has 0 radical (unpaired) electrons. The Morgan fingerprint density at radius 3 is 2.64 bits per heavy atom. The standard InChI is InChI=1S/C20H28F3N3O2/c1-28-18-7-3-6-17(13-18)26-10-8-25(9-11-26)14-19(27)24-16-5-2-4-15(12-16)20(21,22)23/h3,6-7,13,15-16H,2,4-5,8-12,14H2,1H3,(H,24,27)/t15-,16-/m0/s1. The van der Waals surface area contributed by atoms with Crippen LogP contribution in [0.5, 0.6) is 5.75 Å². The van der Waals surface area contributed by atoms with E-state index in [1.807, 2.05) is 24.3 Å². The number of rotatable bonds is 5. The predicted octanol–water partition coefficient (Wildman–Crippen LogP) is 3.05. The Morgan fingerprint density at radius 2 is 1.96 bits per heavy atom. The van der Waals surface area contributed by atoms with Crippen molar-refractivity contribution in [3.8, 4) is 5.75 Å². The molecule has 0 unspecified atom stereocenters. The minimum Gasteiger partial charge on any atom is -0.497 e. The van der Waals surface area contributed by atoms with Gasteiger partial charge in [-0.25, -0.2) is 0 Å². The van der Waals surface area contributed by atoms with Crippen molar-refractivity contribution in [3.05, 3.63) is 24.3 Å². The fraction of sp³-hybridized carbons (Fsp3) is 0.650. The number of halogens is 3. The first-order valence-corrected chi connectivity index (χ1v) is 9.82. The summed E-state index contributed by atoms with van der Waals surface area (Å²) in [5, 5.41) is 2.82. The van der Waals surface area contributed by atoms with Crippen LogP contribution in [0.2, 0.25) is 0 Å². The highest BCUT2D eigenvalue weighted by Crippen LogP contribution is 2.37. The molecule has 1 amide bonds. The summed E-state index contributed by atoms with van der Waals surface area (Å²) >= 11 is 0. The Kier molecular flexibility index (Phi) is 6.69. The summed E-state index contributed by atoms with van der Waals surface area (Å²) in [6.45, 7) is 3.29. The fourth-order valence-electron chi connectivity index (χ4n) is 4.07. The van der Waals surface area contributed by atoms with Crippen molar-refractivity contribution in [2.75, 3.05) is 44.7 Å². The summed E-state index contributed by atoms with van der Waals surface area (Å²) in [5.74, 6) is -0.662. The molecule has 1 aromatic carbocycles. The van der Waals surface area contributed by atoms with Crippen molar-refractivity contribution in [1.82, 2.24) is 10.2 Å². The van der Waals surface area contributed by atoms with Crippen molar-refractivity contribution in [1.29, 1.82) is 0 Å². The molecule has 3 rings (SSSR count). The minimum absolute atomic E-state index is 0.00113. The van der Waals surface area contributed by atoms with Crippen LogP contribution in [0.1, 0.15) is 25.7 Å². The van der Waals surface area contributed by atoms with Crippen LogP contribution in [0, 0.1) is 5.92 Å². The summed E-state index contributed by atoms with van der Waals surface area (Å²) < 4.78 is 44.0. The average molecular weight is 399 g/mol. The maximum Gasteiger partial charge on any atom is 0.391 e. The lowest BCUT2D eigenvalue weighted by molar-refractivity contribution is -0.184. The van der Waals surface area contributed by atoms with Crippen LogP contribution in [0.25, 0.3) is 0 Å². The summed E-state index contributed by atoms with van der Waals surface area (Å²) in [6, 6.07) is 7.50. The molecular formula is C20H28F3N3O2. The molecule has 1 aliphatic heterocycles. The lowest BCUT2D eigenvalue weighted by Gasteiger charge is -2.36. The smallest absolute Gasteiger partial charge is 0.391 e. The molecule has 1 heterocycles. The molecular weight excluding hydrogens is 371 g/mol. The van der Waals surface area contributed by atoms with Crippen LogP contribution >= 0.6 is 0 Å². The van der Waals surface area contributed by atoms with Gasteiger partial charge in [0.2, 0.25) is 5.91 Å². The first-order chi connectivity index (χ1) is 13.3. The SMILES string of the molecule is COc1cccc(N2CCN(CC(=O)N[C@H]3CCC[C@H](C(F)(F)F)C3)CC2)c1. The van der Waals surface area contributed by atoms with Crippen LogP contribution in [0.4, 0.5) is 18.9 Å². The lowest BCUT2D eigenvalue weighted by Crippen LogP contribution is -2.51. The van der Waals surface area contributed by atoms with Crippen LogP contribution in [-0.2, 0) is 4.79 Å². The molecule has 2 atom stereocenters. The second-order valence-corrected chi connectivity index (χ2v) is 7.63. The average Bonchev–Trinajstić information content (AvgIpc) is 2.68. The number of carbonyl (C=O) groups is 1. The van der Waals surface area contributed by atoms with E-state index in [0.29, 0.717) is 12.8 Å². The summed E-state index contributed by atoms with van der Waals surface area (Å²) in [7, 11) is 1.64. The number of hydrogen-bond acceptors (Lipinski definition) is 4. The van der Waals surface area contributed by atoms with E-state index in [0.717, 1.165) is 37.6 Å². The van der Waals surface area contributed by atoms with Gasteiger partial charge in [-0.2, -0.15) is 13.2 Å². The minimum atomic E-state index is -4.17. The molecule has 1 N–H and O–H groups in total. The van der Waals surface area contributed by atoms with E-state index < -0.39 is 12.1 Å². The molecule has 156 valence electrons. The highest BCUT2D eigenvalue weighted by Gasteiger charge is 2.42. The first kappa shape index (κ1) is 20.8. The zero-order valence-electron chi connectivity index (χ0n) is 16.2. The Hall–Kier alpha value is -1.96. The molecule has 28 heavy (non-hydrogen) atoms. The number of ether oxygens (including phenoxy) is 1. The van der Waals surface area contributed by atoms with Gasteiger partial charge in [0.15, 0.2) is 0 Å². The molecule has 0 bridgehead atoms. The van der Waals surface area contributed by atoms with Gasteiger partial charge in [0.05, 0.1) is 19.6 Å². The quantitative estimate of drug-likeness (QED) is 0.827. The zero-order valence-corrected chi connectivity index (χ0v) is 16.2. The van der Waals surface area contributed by atoms with Gasteiger partial charge in [-0.1, -0.05) is 12.5 Å². The first-order valence-electron chi connectivity index (χ1n) is 9.82. The Balaban J connectivity index is 1.43. The van der Waals surface area contributed by atoms with Crippen LogP contribution in [-0.4, -0.2) is 62.9 Å². The molecule has 1 aromatic rings. The summed E-state index contributed by atoms with van der Waals surface area (Å²) in [6.07, 6.45) is -2.86. The summed E-state index contributed by atoms with van der Waals surface area (Å²) in [5.41, 5.74) is 1.09. The Labute approximate surface area is 163 Å². The lowest BCUT2D eigenvalue weighted by atomic mass is 9.85. The van der Waals surface area contributed by atoms with Gasteiger partial charge in [-0.3, -0.25) is 9.69 Å². The van der Waals surface area contributed by atoms with Crippen molar-refractivity contribution < 1.29 is 22.7 Å². The van der Waals surface area contributed by atoms with Gasteiger partial charge in [-0.15, -0.1) is 0 Å². The third kappa shape index (κ3) is 5.53. The second-order valence-electron chi connectivity index (χ2n) is 7.63. The maximum absolute atomic E-state index is 12.9. The summed E-state index contributed by atoms with van der Waals surface area (Å²) in [4.78, 5) is 16.6. The van der Waals surface area contributed by atoms with Gasteiger partial charge >= 0.3 is 6.18 Å². The molecule has 0 aromatic heterocycles. The maximum atomic E-state index is 12.9. The van der Waals surface area contributed by atoms with E-state index in [-0.39, 0.29) is 31.3 Å². The normalized spacial score (nSPS) is 24.1.